The third-order valence-corrected chi connectivity index (χ3v) is 2.55. The summed E-state index contributed by atoms with van der Waals surface area (Å²) in [6, 6.07) is 0. The molecule has 0 aromatic heterocycles. The summed E-state index contributed by atoms with van der Waals surface area (Å²) in [6.07, 6.45) is 1.09. The van der Waals surface area contributed by atoms with E-state index in [-0.39, 0.29) is 0 Å². The van der Waals surface area contributed by atoms with Crippen molar-refractivity contribution in [3.8, 4) is 0 Å². The molecule has 16 heavy (non-hydrogen) atoms. The minimum atomic E-state index is 0.308. The van der Waals surface area contributed by atoms with Gasteiger partial charge in [-0.05, 0) is 11.8 Å². The lowest BCUT2D eigenvalue weighted by atomic mass is 9.90. The summed E-state index contributed by atoms with van der Waals surface area (Å²) in [5, 5.41) is 6.76. The smallest absolute Gasteiger partial charge is 0.0587 e. The Labute approximate surface area is 100 Å². The minimum Gasteiger partial charge on any atom is -0.385 e. The van der Waals surface area contributed by atoms with Crippen LogP contribution in [0.3, 0.4) is 0 Å². The summed E-state index contributed by atoms with van der Waals surface area (Å²) in [6.45, 7) is 10.1. The molecule has 4 heteroatoms. The van der Waals surface area contributed by atoms with Gasteiger partial charge in [0, 0.05) is 47.0 Å². The Kier molecular flexibility index (Phi) is 9.92. The summed E-state index contributed by atoms with van der Waals surface area (Å²) in [4.78, 5) is 0. The Balaban J connectivity index is 3.29. The van der Waals surface area contributed by atoms with Gasteiger partial charge in [-0.15, -0.1) is 0 Å². The quantitative estimate of drug-likeness (QED) is 0.519. The first kappa shape index (κ1) is 15.8. The van der Waals surface area contributed by atoms with E-state index in [9.17, 15) is 0 Å². The van der Waals surface area contributed by atoms with E-state index in [4.69, 9.17) is 9.47 Å². The Morgan fingerprint density at radius 2 is 1.50 bits per heavy atom. The molecule has 98 valence electrons. The number of hydrogen-bond donors (Lipinski definition) is 2. The number of methoxy groups -OCH3 is 2. The van der Waals surface area contributed by atoms with Crippen molar-refractivity contribution in [2.45, 2.75) is 20.3 Å². The zero-order valence-electron chi connectivity index (χ0n) is 11.3. The molecule has 0 radical (unpaired) electrons. The largest absolute Gasteiger partial charge is 0.385 e. The van der Waals surface area contributed by atoms with Crippen LogP contribution in [0.15, 0.2) is 0 Å². The molecule has 0 aliphatic rings. The maximum Gasteiger partial charge on any atom is 0.0587 e. The van der Waals surface area contributed by atoms with Crippen LogP contribution in [-0.2, 0) is 9.47 Å². The van der Waals surface area contributed by atoms with E-state index in [1.54, 1.807) is 14.2 Å². The van der Waals surface area contributed by atoms with Crippen LogP contribution < -0.4 is 10.6 Å². The van der Waals surface area contributed by atoms with E-state index < -0.39 is 0 Å². The van der Waals surface area contributed by atoms with E-state index in [2.05, 4.69) is 24.5 Å². The highest BCUT2D eigenvalue weighted by Crippen LogP contribution is 2.18. The first-order chi connectivity index (χ1) is 7.62. The van der Waals surface area contributed by atoms with E-state index in [0.717, 1.165) is 45.8 Å². The second-order valence-electron chi connectivity index (χ2n) is 4.83. The SMILES string of the molecule is COCCNCCNCC(C)(C)CCOC. The third-order valence-electron chi connectivity index (χ3n) is 2.55. The molecular weight excluding hydrogens is 204 g/mol. The predicted molar refractivity (Wildman–Crippen MR) is 67.9 cm³/mol. The number of nitrogens with one attached hydrogen (secondary N) is 2. The lowest BCUT2D eigenvalue weighted by Gasteiger charge is -2.24. The first-order valence-corrected chi connectivity index (χ1v) is 6.02. The van der Waals surface area contributed by atoms with Crippen molar-refractivity contribution in [1.82, 2.24) is 10.6 Å². The molecule has 0 rings (SSSR count). The summed E-state index contributed by atoms with van der Waals surface area (Å²) < 4.78 is 10.0. The molecule has 0 aromatic carbocycles. The van der Waals surface area contributed by atoms with Gasteiger partial charge in [0.25, 0.3) is 0 Å². The van der Waals surface area contributed by atoms with Crippen molar-refractivity contribution >= 4 is 0 Å². The van der Waals surface area contributed by atoms with Gasteiger partial charge in [-0.25, -0.2) is 0 Å². The van der Waals surface area contributed by atoms with E-state index >= 15 is 0 Å². The van der Waals surface area contributed by atoms with Crippen LogP contribution in [0.25, 0.3) is 0 Å². The van der Waals surface area contributed by atoms with Gasteiger partial charge in [-0.3, -0.25) is 0 Å². The number of ether oxygens (including phenoxy) is 2. The third kappa shape index (κ3) is 10.4. The molecule has 0 aliphatic heterocycles. The van der Waals surface area contributed by atoms with E-state index in [1.807, 2.05) is 0 Å². The van der Waals surface area contributed by atoms with Gasteiger partial charge in [-0.1, -0.05) is 13.8 Å². The van der Waals surface area contributed by atoms with Crippen LogP contribution in [0.2, 0.25) is 0 Å². The fraction of sp³-hybridized carbons (Fsp3) is 1.00. The minimum absolute atomic E-state index is 0.308. The van der Waals surface area contributed by atoms with E-state index in [1.165, 1.54) is 0 Å². The Hall–Kier alpha value is -0.160. The van der Waals surface area contributed by atoms with Gasteiger partial charge in [0.1, 0.15) is 0 Å². The zero-order valence-corrected chi connectivity index (χ0v) is 11.3. The predicted octanol–water partition coefficient (Wildman–Crippen LogP) is 0.875. The van der Waals surface area contributed by atoms with Gasteiger partial charge >= 0.3 is 0 Å². The zero-order chi connectivity index (χ0) is 12.3. The lowest BCUT2D eigenvalue weighted by molar-refractivity contribution is 0.151. The van der Waals surface area contributed by atoms with E-state index in [0.29, 0.717) is 5.41 Å². The molecule has 0 atom stereocenters. The molecule has 0 unspecified atom stereocenters. The lowest BCUT2D eigenvalue weighted by Crippen LogP contribution is -2.35. The van der Waals surface area contributed by atoms with Crippen LogP contribution in [-0.4, -0.2) is 53.6 Å². The van der Waals surface area contributed by atoms with Crippen molar-refractivity contribution in [2.24, 2.45) is 5.41 Å². The second-order valence-corrected chi connectivity index (χ2v) is 4.83. The molecule has 0 fully saturated rings. The monoisotopic (exact) mass is 232 g/mol. The molecule has 0 saturated heterocycles. The summed E-state index contributed by atoms with van der Waals surface area (Å²) in [5.74, 6) is 0. The van der Waals surface area contributed by atoms with Crippen LogP contribution in [0, 0.1) is 5.41 Å². The van der Waals surface area contributed by atoms with Crippen molar-refractivity contribution in [2.75, 3.05) is 53.6 Å². The molecule has 0 aliphatic carbocycles. The normalized spacial score (nSPS) is 12.0. The maximum atomic E-state index is 5.10. The van der Waals surface area contributed by atoms with Crippen molar-refractivity contribution in [3.05, 3.63) is 0 Å². The molecule has 0 spiro atoms. The van der Waals surface area contributed by atoms with Crippen LogP contribution in [0.5, 0.6) is 0 Å². The summed E-state index contributed by atoms with van der Waals surface area (Å²) >= 11 is 0. The molecule has 0 saturated carbocycles. The van der Waals surface area contributed by atoms with Gasteiger partial charge in [0.05, 0.1) is 6.61 Å². The Morgan fingerprint density at radius 3 is 2.12 bits per heavy atom. The highest BCUT2D eigenvalue weighted by atomic mass is 16.5. The van der Waals surface area contributed by atoms with Crippen LogP contribution in [0.1, 0.15) is 20.3 Å². The van der Waals surface area contributed by atoms with Crippen molar-refractivity contribution in [1.29, 1.82) is 0 Å². The standard InChI is InChI=1S/C12H28N2O2/c1-12(2,5-9-15-3)11-14-7-6-13-8-10-16-4/h13-14H,5-11H2,1-4H3. The number of hydrogen-bond acceptors (Lipinski definition) is 4. The fourth-order valence-electron chi connectivity index (χ4n) is 1.37. The first-order valence-electron chi connectivity index (χ1n) is 6.02. The molecule has 0 heterocycles. The fourth-order valence-corrected chi connectivity index (χ4v) is 1.37. The summed E-state index contributed by atoms with van der Waals surface area (Å²) in [7, 11) is 3.47. The molecule has 4 nitrogen and oxygen atoms in total. The van der Waals surface area contributed by atoms with Crippen molar-refractivity contribution < 1.29 is 9.47 Å². The maximum absolute atomic E-state index is 5.10. The van der Waals surface area contributed by atoms with Gasteiger partial charge in [0.2, 0.25) is 0 Å². The Bertz CT molecular complexity index is 152. The van der Waals surface area contributed by atoms with Gasteiger partial charge in [-0.2, -0.15) is 0 Å². The average Bonchev–Trinajstić information content (AvgIpc) is 2.25. The molecular formula is C12H28N2O2. The molecule has 0 amide bonds. The highest BCUT2D eigenvalue weighted by molar-refractivity contribution is 4.71. The second kappa shape index (κ2) is 10.0. The number of rotatable bonds is 11. The molecule has 0 bridgehead atoms. The summed E-state index contributed by atoms with van der Waals surface area (Å²) in [5.41, 5.74) is 0.308. The van der Waals surface area contributed by atoms with Crippen molar-refractivity contribution in [3.63, 3.8) is 0 Å². The van der Waals surface area contributed by atoms with Gasteiger partial charge < -0.3 is 20.1 Å². The Morgan fingerprint density at radius 1 is 0.875 bits per heavy atom. The highest BCUT2D eigenvalue weighted by Gasteiger charge is 2.16. The average molecular weight is 232 g/mol. The topological polar surface area (TPSA) is 42.5 Å². The van der Waals surface area contributed by atoms with Crippen LogP contribution >= 0.6 is 0 Å². The molecule has 0 aromatic rings. The van der Waals surface area contributed by atoms with Crippen LogP contribution in [0.4, 0.5) is 0 Å². The van der Waals surface area contributed by atoms with Gasteiger partial charge in [0.15, 0.2) is 0 Å². The molecule has 2 N–H and O–H groups in total.